The van der Waals surface area contributed by atoms with Crippen molar-refractivity contribution in [1.29, 1.82) is 0 Å². The molecule has 0 aromatic carbocycles. The van der Waals surface area contributed by atoms with Crippen molar-refractivity contribution in [1.82, 2.24) is 15.2 Å². The van der Waals surface area contributed by atoms with Crippen LogP contribution in [0.15, 0.2) is 22.3 Å². The number of carboxylic acids is 1. The van der Waals surface area contributed by atoms with E-state index in [1.807, 2.05) is 0 Å². The Bertz CT molecular complexity index is 928. The topological polar surface area (TPSA) is 174 Å². The molecule has 14 heteroatoms. The van der Waals surface area contributed by atoms with Gasteiger partial charge in [0, 0.05) is 11.1 Å². The van der Waals surface area contributed by atoms with Gasteiger partial charge in [-0.1, -0.05) is 5.16 Å². The number of anilines is 1. The molecular formula is C15H15N5O7S2. The van der Waals surface area contributed by atoms with E-state index < -0.39 is 41.8 Å². The summed E-state index contributed by atoms with van der Waals surface area (Å²) < 4.78 is 4.64. The summed E-state index contributed by atoms with van der Waals surface area (Å²) in [5.41, 5.74) is 5.57. The van der Waals surface area contributed by atoms with E-state index in [0.29, 0.717) is 5.75 Å². The number of nitrogens with zero attached hydrogens (tertiary/aromatic N) is 3. The summed E-state index contributed by atoms with van der Waals surface area (Å²) in [7, 11) is 1.26. The number of rotatable bonds is 7. The molecule has 1 fully saturated rings. The number of nitrogens with one attached hydrogen (secondary N) is 1. The van der Waals surface area contributed by atoms with Crippen molar-refractivity contribution in [2.24, 2.45) is 5.16 Å². The Labute approximate surface area is 171 Å². The molecule has 1 unspecified atom stereocenters. The highest BCUT2D eigenvalue weighted by atomic mass is 32.2. The Balaban J connectivity index is 1.69. The molecule has 4 N–H and O–H groups in total. The molecule has 154 valence electrons. The van der Waals surface area contributed by atoms with Gasteiger partial charge in [0.25, 0.3) is 11.8 Å². The lowest BCUT2D eigenvalue weighted by molar-refractivity contribution is -0.157. The number of hydrogen-bond donors (Lipinski definition) is 3. The predicted molar refractivity (Wildman–Crippen MR) is 102 cm³/mol. The Morgan fingerprint density at radius 2 is 2.24 bits per heavy atom. The Morgan fingerprint density at radius 1 is 1.48 bits per heavy atom. The lowest BCUT2D eigenvalue weighted by atomic mass is 10.0. The van der Waals surface area contributed by atoms with Gasteiger partial charge in [-0.2, -0.15) is 0 Å². The zero-order chi connectivity index (χ0) is 21.1. The molecule has 12 nitrogen and oxygen atoms in total. The lowest BCUT2D eigenvalue weighted by Crippen LogP contribution is -2.70. The quantitative estimate of drug-likeness (QED) is 0.206. The fourth-order valence-electron chi connectivity index (χ4n) is 2.63. The number of oxime groups is 1. The number of fused-ring (bicyclic) bond motifs is 1. The lowest BCUT2D eigenvalue weighted by Gasteiger charge is -2.48. The molecular weight excluding hydrogens is 426 g/mol. The summed E-state index contributed by atoms with van der Waals surface area (Å²) in [4.78, 5) is 57.6. The van der Waals surface area contributed by atoms with Crippen LogP contribution >= 0.6 is 23.1 Å². The number of β-lactam (4-membered cyclic amide) rings is 1. The smallest absolute Gasteiger partial charge is 0.355 e. The summed E-state index contributed by atoms with van der Waals surface area (Å²) in [6.07, 6.45) is 1.47. The third-order valence-electron chi connectivity index (χ3n) is 3.83. The molecule has 2 aliphatic heterocycles. The van der Waals surface area contributed by atoms with E-state index >= 15 is 0 Å². The van der Waals surface area contributed by atoms with Crippen LogP contribution in [-0.2, 0) is 28.8 Å². The van der Waals surface area contributed by atoms with Crippen LogP contribution in [0.1, 0.15) is 5.69 Å². The number of ether oxygens (including phenoxy) is 1. The van der Waals surface area contributed by atoms with Gasteiger partial charge in [-0.15, -0.1) is 23.1 Å². The zero-order valence-corrected chi connectivity index (χ0v) is 16.5. The minimum absolute atomic E-state index is 0.0523. The number of nitrogen functional groups attached to an aromatic ring is 1. The van der Waals surface area contributed by atoms with Gasteiger partial charge in [-0.3, -0.25) is 14.5 Å². The van der Waals surface area contributed by atoms with Crippen LogP contribution in [0.25, 0.3) is 0 Å². The number of aromatic nitrogens is 1. The van der Waals surface area contributed by atoms with Gasteiger partial charge >= 0.3 is 11.9 Å². The third kappa shape index (κ3) is 4.17. The van der Waals surface area contributed by atoms with Crippen molar-refractivity contribution >= 4 is 57.7 Å². The average Bonchev–Trinajstić information content (AvgIpc) is 3.13. The monoisotopic (exact) mass is 441 g/mol. The molecule has 0 saturated carbocycles. The number of esters is 1. The molecule has 2 aliphatic rings. The van der Waals surface area contributed by atoms with Crippen LogP contribution in [0.5, 0.6) is 0 Å². The average molecular weight is 441 g/mol. The number of carbonyl (C=O) groups excluding carboxylic acids is 3. The standard InChI is InChI=1S/C15H15N5O7S2/c1-26-19-9(6-5-29-15(16)17-6)11(23)18-10-12(24)20-7(2-3-28-13(10)20)14(25)27-4-8(21)22/h2,5,10,13H,3-4H2,1H3,(H2,16,17)(H,18,23)(H,21,22)/t10?,13-/m1/s1. The molecule has 29 heavy (non-hydrogen) atoms. The number of amides is 2. The summed E-state index contributed by atoms with van der Waals surface area (Å²) in [5.74, 6) is -3.09. The first kappa shape index (κ1) is 20.6. The highest BCUT2D eigenvalue weighted by Gasteiger charge is 2.53. The molecule has 0 radical (unpaired) electrons. The first-order valence-corrected chi connectivity index (χ1v) is 9.93. The molecule has 1 aromatic heterocycles. The van der Waals surface area contributed by atoms with Gasteiger partial charge in [-0.25, -0.2) is 14.6 Å². The van der Waals surface area contributed by atoms with Crippen molar-refractivity contribution in [3.63, 3.8) is 0 Å². The fraction of sp³-hybridized carbons (Fsp3) is 0.333. The molecule has 1 aromatic rings. The van der Waals surface area contributed by atoms with E-state index in [9.17, 15) is 19.2 Å². The number of nitrogens with two attached hydrogens (primary N) is 1. The van der Waals surface area contributed by atoms with Crippen LogP contribution in [-0.4, -0.2) is 75.3 Å². The van der Waals surface area contributed by atoms with Crippen LogP contribution in [0.2, 0.25) is 0 Å². The predicted octanol–water partition coefficient (Wildman–Crippen LogP) is -1.01. The van der Waals surface area contributed by atoms with Crippen LogP contribution < -0.4 is 11.1 Å². The zero-order valence-electron chi connectivity index (χ0n) is 14.9. The van der Waals surface area contributed by atoms with Crippen LogP contribution in [0.4, 0.5) is 5.13 Å². The maximum absolute atomic E-state index is 12.6. The highest BCUT2D eigenvalue weighted by molar-refractivity contribution is 8.00. The Hall–Kier alpha value is -3.13. The first-order chi connectivity index (χ1) is 13.8. The molecule has 1 saturated heterocycles. The van der Waals surface area contributed by atoms with E-state index in [1.54, 1.807) is 0 Å². The van der Waals surface area contributed by atoms with Gasteiger partial charge in [0.05, 0.1) is 0 Å². The largest absolute Gasteiger partial charge is 0.479 e. The molecule has 2 amide bonds. The van der Waals surface area contributed by atoms with Crippen molar-refractivity contribution in [3.05, 3.63) is 22.8 Å². The Kier molecular flexibility index (Phi) is 6.03. The maximum Gasteiger partial charge on any atom is 0.355 e. The minimum atomic E-state index is -1.31. The third-order valence-corrected chi connectivity index (χ3v) is 5.69. The normalized spacial score (nSPS) is 20.9. The number of aliphatic carboxylic acids is 1. The molecule has 3 rings (SSSR count). The van der Waals surface area contributed by atoms with Crippen LogP contribution in [0.3, 0.4) is 0 Å². The van der Waals surface area contributed by atoms with E-state index in [0.717, 1.165) is 16.2 Å². The number of hydrogen-bond acceptors (Lipinski definition) is 11. The van der Waals surface area contributed by atoms with Gasteiger partial charge in [0.15, 0.2) is 17.5 Å². The second kappa shape index (κ2) is 8.48. The van der Waals surface area contributed by atoms with E-state index in [2.05, 4.69) is 25.0 Å². The molecule has 0 aliphatic carbocycles. The van der Waals surface area contributed by atoms with Gasteiger partial charge < -0.3 is 25.7 Å². The second-order valence-electron chi connectivity index (χ2n) is 5.64. The van der Waals surface area contributed by atoms with E-state index in [1.165, 1.54) is 30.3 Å². The number of thiazole rings is 1. The first-order valence-electron chi connectivity index (χ1n) is 8.00. The van der Waals surface area contributed by atoms with E-state index in [-0.39, 0.29) is 22.2 Å². The maximum atomic E-state index is 12.6. The highest BCUT2D eigenvalue weighted by Crippen LogP contribution is 2.37. The van der Waals surface area contributed by atoms with Crippen LogP contribution in [0, 0.1) is 0 Å². The number of thioether (sulfide) groups is 1. The number of carbonyl (C=O) groups is 4. The second-order valence-corrected chi connectivity index (χ2v) is 7.68. The summed E-state index contributed by atoms with van der Waals surface area (Å²) in [6, 6.07) is -0.915. The van der Waals surface area contributed by atoms with Gasteiger partial charge in [0.2, 0.25) is 0 Å². The number of carboxylic acid groups (broad SMARTS) is 1. The minimum Gasteiger partial charge on any atom is -0.479 e. The summed E-state index contributed by atoms with van der Waals surface area (Å²) >= 11 is 2.44. The molecule has 3 heterocycles. The molecule has 2 atom stereocenters. The SMILES string of the molecule is CON=C(C(=O)NC1C(=O)N2C(C(=O)OCC(=O)O)=CCS[C@H]12)c1csc(N)n1. The van der Waals surface area contributed by atoms with Crippen molar-refractivity contribution in [2.45, 2.75) is 11.4 Å². The summed E-state index contributed by atoms with van der Waals surface area (Å²) in [5, 5.41) is 16.0. The molecule has 0 bridgehead atoms. The Morgan fingerprint density at radius 3 is 2.86 bits per heavy atom. The molecule has 0 spiro atoms. The van der Waals surface area contributed by atoms with E-state index in [4.69, 9.17) is 10.8 Å². The van der Waals surface area contributed by atoms with Crippen molar-refractivity contribution in [3.8, 4) is 0 Å². The van der Waals surface area contributed by atoms with Crippen molar-refractivity contribution in [2.75, 3.05) is 25.2 Å². The van der Waals surface area contributed by atoms with Crippen molar-refractivity contribution < 1.29 is 33.9 Å². The summed E-state index contributed by atoms with van der Waals surface area (Å²) in [6.45, 7) is -0.816. The fourth-order valence-corrected chi connectivity index (χ4v) is 4.37. The van der Waals surface area contributed by atoms with Gasteiger partial charge in [-0.05, 0) is 6.08 Å². The van der Waals surface area contributed by atoms with Gasteiger partial charge in [0.1, 0.15) is 29.9 Å².